The Balaban J connectivity index is 2.70. The number of carbonyl (C=O) groups is 2. The molecule has 120 valence electrons. The van der Waals surface area contributed by atoms with Crippen LogP contribution in [0.2, 0.25) is 0 Å². The van der Waals surface area contributed by atoms with Gasteiger partial charge < -0.3 is 14.9 Å². The molecule has 0 fully saturated rings. The van der Waals surface area contributed by atoms with E-state index in [2.05, 4.69) is 0 Å². The summed E-state index contributed by atoms with van der Waals surface area (Å²) >= 11 is 0. The third-order valence-electron chi connectivity index (χ3n) is 3.96. The number of carbonyl (C=O) groups excluding carboxylic acids is 2. The summed E-state index contributed by atoms with van der Waals surface area (Å²) in [5.41, 5.74) is 0.142. The zero-order valence-corrected chi connectivity index (χ0v) is 13.9. The number of benzene rings is 1. The van der Waals surface area contributed by atoms with Crippen LogP contribution < -0.4 is 9.80 Å². The molecular formula is C17H24N2O3. The number of nitrogens with zero attached hydrogens (tertiary/aromatic N) is 2. The van der Waals surface area contributed by atoms with Gasteiger partial charge >= 0.3 is 0 Å². The maximum atomic E-state index is 12.9. The van der Waals surface area contributed by atoms with Gasteiger partial charge in [-0.3, -0.25) is 9.59 Å². The van der Waals surface area contributed by atoms with E-state index in [0.717, 1.165) is 0 Å². The monoisotopic (exact) mass is 304 g/mol. The molecule has 2 rings (SSSR count). The number of phenolic OH excluding ortho intramolecular Hbond substituents is 1. The van der Waals surface area contributed by atoms with E-state index in [4.69, 9.17) is 0 Å². The van der Waals surface area contributed by atoms with Crippen LogP contribution in [0.1, 0.15) is 34.6 Å². The fraction of sp³-hybridized carbons (Fsp3) is 0.529. The van der Waals surface area contributed by atoms with Crippen molar-refractivity contribution in [2.45, 2.75) is 34.6 Å². The molecule has 0 bridgehead atoms. The van der Waals surface area contributed by atoms with Gasteiger partial charge in [0.2, 0.25) is 11.8 Å². The van der Waals surface area contributed by atoms with Crippen LogP contribution >= 0.6 is 0 Å². The summed E-state index contributed by atoms with van der Waals surface area (Å²) in [6.45, 7) is 10.2. The minimum Gasteiger partial charge on any atom is -0.508 e. The first-order chi connectivity index (χ1) is 10.2. The molecule has 1 heterocycles. The number of hydrogen-bond donors (Lipinski definition) is 1. The topological polar surface area (TPSA) is 60.9 Å². The van der Waals surface area contributed by atoms with Gasteiger partial charge in [-0.1, -0.05) is 13.8 Å². The number of rotatable bonds is 3. The van der Waals surface area contributed by atoms with E-state index in [1.807, 2.05) is 20.8 Å². The van der Waals surface area contributed by atoms with E-state index < -0.39 is 5.41 Å². The van der Waals surface area contributed by atoms with Gasteiger partial charge in [0.15, 0.2) is 0 Å². The van der Waals surface area contributed by atoms with Crippen molar-refractivity contribution in [3.8, 4) is 5.75 Å². The van der Waals surface area contributed by atoms with Crippen LogP contribution in [0, 0.1) is 11.3 Å². The molecule has 0 aliphatic carbocycles. The van der Waals surface area contributed by atoms with Crippen LogP contribution in [0.5, 0.6) is 5.75 Å². The van der Waals surface area contributed by atoms with E-state index in [1.165, 1.54) is 0 Å². The van der Waals surface area contributed by atoms with Gasteiger partial charge in [-0.15, -0.1) is 0 Å². The summed E-state index contributed by atoms with van der Waals surface area (Å²) < 4.78 is 0. The molecule has 0 radical (unpaired) electrons. The second-order valence-corrected chi connectivity index (χ2v) is 6.66. The van der Waals surface area contributed by atoms with Gasteiger partial charge in [0.1, 0.15) is 11.2 Å². The highest BCUT2D eigenvalue weighted by Crippen LogP contribution is 2.40. The molecule has 0 saturated carbocycles. The molecule has 0 spiro atoms. The Bertz CT molecular complexity index is 608. The first-order valence-corrected chi connectivity index (χ1v) is 7.67. The Morgan fingerprint density at radius 1 is 1.09 bits per heavy atom. The average Bonchev–Trinajstić information content (AvgIpc) is 2.49. The summed E-state index contributed by atoms with van der Waals surface area (Å²) in [4.78, 5) is 29.0. The summed E-state index contributed by atoms with van der Waals surface area (Å²) in [6.07, 6.45) is 0. The van der Waals surface area contributed by atoms with Gasteiger partial charge in [-0.05, 0) is 38.8 Å². The number of anilines is 2. The zero-order chi connectivity index (χ0) is 16.7. The molecule has 1 aliphatic rings. The molecule has 5 heteroatoms. The lowest BCUT2D eigenvalue weighted by molar-refractivity contribution is -0.137. The Hall–Kier alpha value is -2.04. The third kappa shape index (κ3) is 2.56. The van der Waals surface area contributed by atoms with E-state index in [1.54, 1.807) is 41.8 Å². The highest BCUT2D eigenvalue weighted by molar-refractivity contribution is 6.20. The lowest BCUT2D eigenvalue weighted by Gasteiger charge is -2.29. The highest BCUT2D eigenvalue weighted by Gasteiger charge is 2.46. The molecule has 1 aromatic carbocycles. The number of fused-ring (bicyclic) bond motifs is 1. The van der Waals surface area contributed by atoms with Crippen molar-refractivity contribution in [3.05, 3.63) is 18.2 Å². The minimum atomic E-state index is -1.13. The Morgan fingerprint density at radius 3 is 2.23 bits per heavy atom. The fourth-order valence-corrected chi connectivity index (χ4v) is 2.80. The zero-order valence-electron chi connectivity index (χ0n) is 13.9. The van der Waals surface area contributed by atoms with Gasteiger partial charge in [0, 0.05) is 19.2 Å². The van der Waals surface area contributed by atoms with Gasteiger partial charge in [-0.2, -0.15) is 0 Å². The smallest absolute Gasteiger partial charge is 0.242 e. The number of hydrogen-bond acceptors (Lipinski definition) is 3. The molecule has 1 aromatic rings. The van der Waals surface area contributed by atoms with Crippen molar-refractivity contribution in [2.24, 2.45) is 11.3 Å². The molecule has 22 heavy (non-hydrogen) atoms. The number of phenols is 1. The molecule has 0 saturated heterocycles. The van der Waals surface area contributed by atoms with Crippen molar-refractivity contribution >= 4 is 23.2 Å². The SMILES string of the molecule is CCN1C(=O)C(C)(C)C(=O)N(CC(C)C)c2cc(O)ccc21. The molecule has 1 N–H and O–H groups in total. The second-order valence-electron chi connectivity index (χ2n) is 6.66. The van der Waals surface area contributed by atoms with Crippen molar-refractivity contribution in [3.63, 3.8) is 0 Å². The summed E-state index contributed by atoms with van der Waals surface area (Å²) in [5, 5.41) is 9.83. The number of aromatic hydroxyl groups is 1. The van der Waals surface area contributed by atoms with Gasteiger partial charge in [0.05, 0.1) is 11.4 Å². The Labute approximate surface area is 131 Å². The second kappa shape index (κ2) is 5.63. The molecular weight excluding hydrogens is 280 g/mol. The van der Waals surface area contributed by atoms with E-state index in [0.29, 0.717) is 24.5 Å². The molecule has 5 nitrogen and oxygen atoms in total. The van der Waals surface area contributed by atoms with Crippen molar-refractivity contribution in [2.75, 3.05) is 22.9 Å². The summed E-state index contributed by atoms with van der Waals surface area (Å²) in [6, 6.07) is 4.81. The van der Waals surface area contributed by atoms with E-state index in [9.17, 15) is 14.7 Å². The van der Waals surface area contributed by atoms with Crippen molar-refractivity contribution in [1.82, 2.24) is 0 Å². The summed E-state index contributed by atoms with van der Waals surface area (Å²) in [5.74, 6) is -0.103. The average molecular weight is 304 g/mol. The van der Waals surface area contributed by atoms with Crippen molar-refractivity contribution < 1.29 is 14.7 Å². The molecule has 0 aromatic heterocycles. The maximum Gasteiger partial charge on any atom is 0.242 e. The van der Waals surface area contributed by atoms with Crippen LogP contribution in [0.25, 0.3) is 0 Å². The predicted molar refractivity (Wildman–Crippen MR) is 87.1 cm³/mol. The van der Waals surface area contributed by atoms with Crippen LogP contribution in [0.3, 0.4) is 0 Å². The third-order valence-corrected chi connectivity index (χ3v) is 3.96. The standard InChI is InChI=1S/C17H24N2O3/c1-6-18-13-8-7-12(20)9-14(13)19(10-11(2)3)16(22)17(4,5)15(18)21/h7-9,11,20H,6,10H2,1-5H3. The highest BCUT2D eigenvalue weighted by atomic mass is 16.3. The minimum absolute atomic E-state index is 0.0866. The summed E-state index contributed by atoms with van der Waals surface area (Å²) in [7, 11) is 0. The largest absolute Gasteiger partial charge is 0.508 e. The molecule has 0 atom stereocenters. The van der Waals surface area contributed by atoms with Crippen LogP contribution in [-0.2, 0) is 9.59 Å². The fourth-order valence-electron chi connectivity index (χ4n) is 2.80. The van der Waals surface area contributed by atoms with Crippen molar-refractivity contribution in [1.29, 1.82) is 0 Å². The van der Waals surface area contributed by atoms with E-state index >= 15 is 0 Å². The maximum absolute atomic E-state index is 12.9. The Morgan fingerprint density at radius 2 is 1.68 bits per heavy atom. The lowest BCUT2D eigenvalue weighted by Crippen LogP contribution is -2.49. The van der Waals surface area contributed by atoms with Crippen LogP contribution in [-0.4, -0.2) is 30.0 Å². The normalized spacial score (nSPS) is 17.7. The van der Waals surface area contributed by atoms with Gasteiger partial charge in [-0.25, -0.2) is 0 Å². The van der Waals surface area contributed by atoms with E-state index in [-0.39, 0.29) is 23.5 Å². The Kier molecular flexibility index (Phi) is 4.18. The predicted octanol–water partition coefficient (Wildman–Crippen LogP) is 2.77. The molecule has 1 aliphatic heterocycles. The quantitative estimate of drug-likeness (QED) is 0.874. The first-order valence-electron chi connectivity index (χ1n) is 7.67. The first kappa shape index (κ1) is 16.3. The van der Waals surface area contributed by atoms with Crippen LogP contribution in [0.4, 0.5) is 11.4 Å². The number of amides is 2. The van der Waals surface area contributed by atoms with Gasteiger partial charge in [0.25, 0.3) is 0 Å². The van der Waals surface area contributed by atoms with Crippen LogP contribution in [0.15, 0.2) is 18.2 Å². The molecule has 0 unspecified atom stereocenters. The lowest BCUT2D eigenvalue weighted by atomic mass is 9.89. The molecule has 2 amide bonds.